The zero-order valence-electron chi connectivity index (χ0n) is 13.0. The quantitative estimate of drug-likeness (QED) is 0.806. The highest BCUT2D eigenvalue weighted by molar-refractivity contribution is 7.93. The Bertz CT molecular complexity index is 838. The minimum absolute atomic E-state index is 0.308. The zero-order chi connectivity index (χ0) is 16.2. The van der Waals surface area contributed by atoms with Crippen molar-refractivity contribution in [1.82, 2.24) is 5.06 Å². The molecule has 120 valence electrons. The van der Waals surface area contributed by atoms with E-state index in [1.165, 1.54) is 4.31 Å². The number of hydrogen-bond donors (Lipinski definition) is 0. The minimum atomic E-state index is -3.52. The van der Waals surface area contributed by atoms with E-state index in [0.29, 0.717) is 0 Å². The largest absolute Gasteiger partial charge is 0.289 e. The molecule has 2 heterocycles. The first-order chi connectivity index (χ1) is 11.0. The van der Waals surface area contributed by atoms with Crippen LogP contribution in [-0.2, 0) is 14.9 Å². The van der Waals surface area contributed by atoms with Gasteiger partial charge in [0, 0.05) is 14.1 Å². The van der Waals surface area contributed by atoms with Crippen molar-refractivity contribution in [1.29, 1.82) is 0 Å². The topological polar surface area (TPSA) is 49.9 Å². The van der Waals surface area contributed by atoms with Crippen LogP contribution in [0.5, 0.6) is 0 Å². The number of hydroxylamine groups is 2. The van der Waals surface area contributed by atoms with Crippen LogP contribution in [0.2, 0.25) is 0 Å². The van der Waals surface area contributed by atoms with Gasteiger partial charge in [-0.05, 0) is 17.2 Å². The van der Waals surface area contributed by atoms with Crippen LogP contribution in [-0.4, -0.2) is 32.8 Å². The molecular formula is C17H18N2O3S. The number of anilines is 1. The summed E-state index contributed by atoms with van der Waals surface area (Å²) in [6.45, 7) is 0. The summed E-state index contributed by atoms with van der Waals surface area (Å²) in [7, 11) is -0.0963. The highest BCUT2D eigenvalue weighted by Gasteiger charge is 2.55. The van der Waals surface area contributed by atoms with Gasteiger partial charge in [0.25, 0.3) is 0 Å². The van der Waals surface area contributed by atoms with Gasteiger partial charge in [0.15, 0.2) is 0 Å². The molecular weight excluding hydrogens is 312 g/mol. The SMILES string of the molecule is CN1O[C@@H](c2ccccc2)[C@H]2[C@@H]1c1ccccc1N(C)S2(=O)=O. The van der Waals surface area contributed by atoms with Gasteiger partial charge in [-0.15, -0.1) is 0 Å². The number of para-hydroxylation sites is 1. The third-order valence-corrected chi connectivity index (χ3v) is 6.88. The maximum absolute atomic E-state index is 13.1. The number of benzene rings is 2. The third kappa shape index (κ3) is 2.02. The van der Waals surface area contributed by atoms with Crippen LogP contribution in [0.4, 0.5) is 5.69 Å². The van der Waals surface area contributed by atoms with Crippen molar-refractivity contribution in [2.24, 2.45) is 0 Å². The van der Waals surface area contributed by atoms with Gasteiger partial charge in [-0.1, -0.05) is 48.5 Å². The standard InChI is InChI=1S/C17H18N2O3S/c1-18-15-13-10-6-7-11-14(13)19(2)23(20,21)17(15)16(22-18)12-8-4-3-5-9-12/h3-11,15-17H,1-2H3/t15-,16-,17+/m0/s1. The monoisotopic (exact) mass is 330 g/mol. The first-order valence-electron chi connectivity index (χ1n) is 7.53. The summed E-state index contributed by atoms with van der Waals surface area (Å²) in [5.41, 5.74) is 2.58. The van der Waals surface area contributed by atoms with E-state index < -0.39 is 21.4 Å². The molecule has 0 unspecified atom stereocenters. The molecule has 23 heavy (non-hydrogen) atoms. The first kappa shape index (κ1) is 14.7. The Hall–Kier alpha value is -1.89. The Kier molecular flexibility index (Phi) is 3.23. The molecule has 0 N–H and O–H groups in total. The average molecular weight is 330 g/mol. The third-order valence-electron chi connectivity index (χ3n) is 4.73. The van der Waals surface area contributed by atoms with Crippen molar-refractivity contribution in [2.45, 2.75) is 17.4 Å². The normalized spacial score (nSPS) is 29.1. The smallest absolute Gasteiger partial charge is 0.242 e. The Morgan fingerprint density at radius 2 is 1.61 bits per heavy atom. The number of sulfonamides is 1. The van der Waals surface area contributed by atoms with Crippen molar-refractivity contribution < 1.29 is 13.3 Å². The van der Waals surface area contributed by atoms with Crippen molar-refractivity contribution in [2.75, 3.05) is 18.4 Å². The van der Waals surface area contributed by atoms with E-state index in [1.54, 1.807) is 19.2 Å². The maximum Gasteiger partial charge on any atom is 0.242 e. The van der Waals surface area contributed by atoms with E-state index in [2.05, 4.69) is 0 Å². The molecule has 3 atom stereocenters. The number of nitrogens with zero attached hydrogens (tertiary/aromatic N) is 2. The lowest BCUT2D eigenvalue weighted by Crippen LogP contribution is -2.45. The second kappa shape index (κ2) is 5.06. The maximum atomic E-state index is 13.1. The van der Waals surface area contributed by atoms with Crippen LogP contribution in [0.1, 0.15) is 23.3 Å². The molecule has 2 aromatic carbocycles. The lowest BCUT2D eigenvalue weighted by molar-refractivity contribution is -0.145. The summed E-state index contributed by atoms with van der Waals surface area (Å²) in [5, 5.41) is 1.03. The van der Waals surface area contributed by atoms with Crippen molar-refractivity contribution in [3.8, 4) is 0 Å². The van der Waals surface area contributed by atoms with Gasteiger partial charge in [-0.2, -0.15) is 5.06 Å². The van der Waals surface area contributed by atoms with Crippen LogP contribution >= 0.6 is 0 Å². The first-order valence-corrected chi connectivity index (χ1v) is 9.03. The molecule has 1 fully saturated rings. The lowest BCUT2D eigenvalue weighted by atomic mass is 9.96. The van der Waals surface area contributed by atoms with E-state index in [-0.39, 0.29) is 6.04 Å². The lowest BCUT2D eigenvalue weighted by Gasteiger charge is -2.36. The zero-order valence-corrected chi connectivity index (χ0v) is 13.8. The van der Waals surface area contributed by atoms with Crippen LogP contribution in [0.3, 0.4) is 0 Å². The molecule has 0 aromatic heterocycles. The van der Waals surface area contributed by atoms with Crippen molar-refractivity contribution >= 4 is 15.7 Å². The molecule has 6 heteroatoms. The minimum Gasteiger partial charge on any atom is -0.289 e. The molecule has 0 spiro atoms. The molecule has 4 rings (SSSR count). The number of fused-ring (bicyclic) bond motifs is 3. The molecule has 2 aliphatic heterocycles. The molecule has 2 aromatic rings. The Morgan fingerprint density at radius 3 is 2.35 bits per heavy atom. The van der Waals surface area contributed by atoms with E-state index >= 15 is 0 Å². The van der Waals surface area contributed by atoms with E-state index in [1.807, 2.05) is 54.6 Å². The van der Waals surface area contributed by atoms with Gasteiger partial charge in [0.05, 0.1) is 11.7 Å². The average Bonchev–Trinajstić information content (AvgIpc) is 2.92. The van der Waals surface area contributed by atoms with Crippen molar-refractivity contribution in [3.05, 3.63) is 65.7 Å². The molecule has 0 amide bonds. The van der Waals surface area contributed by atoms with Crippen LogP contribution in [0.15, 0.2) is 54.6 Å². The fourth-order valence-electron chi connectivity index (χ4n) is 3.61. The van der Waals surface area contributed by atoms with E-state index in [9.17, 15) is 8.42 Å². The van der Waals surface area contributed by atoms with Gasteiger partial charge in [0.2, 0.25) is 10.0 Å². The predicted octanol–water partition coefficient (Wildman–Crippen LogP) is 2.49. The molecule has 2 aliphatic rings. The van der Waals surface area contributed by atoms with E-state index in [0.717, 1.165) is 16.8 Å². The van der Waals surface area contributed by atoms with E-state index in [4.69, 9.17) is 4.84 Å². The summed E-state index contributed by atoms with van der Waals surface area (Å²) in [6, 6.07) is 16.8. The van der Waals surface area contributed by atoms with Gasteiger partial charge < -0.3 is 0 Å². The molecule has 0 saturated carbocycles. The number of hydrogen-bond acceptors (Lipinski definition) is 4. The van der Waals surface area contributed by atoms with Gasteiger partial charge in [0.1, 0.15) is 11.4 Å². The van der Waals surface area contributed by atoms with Crippen LogP contribution < -0.4 is 4.31 Å². The Balaban J connectivity index is 1.91. The van der Waals surface area contributed by atoms with Crippen LogP contribution in [0.25, 0.3) is 0 Å². The van der Waals surface area contributed by atoms with Crippen molar-refractivity contribution in [3.63, 3.8) is 0 Å². The van der Waals surface area contributed by atoms with Gasteiger partial charge in [-0.25, -0.2) is 8.42 Å². The van der Waals surface area contributed by atoms with Gasteiger partial charge in [-0.3, -0.25) is 9.14 Å². The predicted molar refractivity (Wildman–Crippen MR) is 88.3 cm³/mol. The Morgan fingerprint density at radius 1 is 0.957 bits per heavy atom. The summed E-state index contributed by atoms with van der Waals surface area (Å²) in [6.07, 6.45) is -0.507. The van der Waals surface area contributed by atoms with Crippen LogP contribution in [0, 0.1) is 0 Å². The fourth-order valence-corrected chi connectivity index (χ4v) is 5.57. The molecule has 0 bridgehead atoms. The molecule has 1 saturated heterocycles. The highest BCUT2D eigenvalue weighted by atomic mass is 32.2. The second-order valence-corrected chi connectivity index (χ2v) is 8.09. The molecule has 0 radical (unpaired) electrons. The van der Waals surface area contributed by atoms with Gasteiger partial charge >= 0.3 is 0 Å². The molecule has 5 nitrogen and oxygen atoms in total. The summed E-state index contributed by atoms with van der Waals surface area (Å²) >= 11 is 0. The highest BCUT2D eigenvalue weighted by Crippen LogP contribution is 2.51. The Labute approximate surface area is 136 Å². The second-order valence-electron chi connectivity index (χ2n) is 5.96. The summed E-state index contributed by atoms with van der Waals surface area (Å²) in [4.78, 5) is 5.96. The summed E-state index contributed by atoms with van der Waals surface area (Å²) in [5.74, 6) is 0. The fraction of sp³-hybridized carbons (Fsp3) is 0.294. The summed E-state index contributed by atoms with van der Waals surface area (Å²) < 4.78 is 27.6. The molecule has 0 aliphatic carbocycles. The number of rotatable bonds is 1.